The van der Waals surface area contributed by atoms with E-state index in [9.17, 15) is 13.2 Å². The normalized spacial score (nSPS) is 16.8. The molecule has 2 rings (SSSR count). The third-order valence-corrected chi connectivity index (χ3v) is 2.66. The predicted octanol–water partition coefficient (Wildman–Crippen LogP) is 0.947. The van der Waals surface area contributed by atoms with Gasteiger partial charge in [0.05, 0.1) is 0 Å². The Kier molecular flexibility index (Phi) is 3.55. The fourth-order valence-corrected chi connectivity index (χ4v) is 1.75. The summed E-state index contributed by atoms with van der Waals surface area (Å²) in [5, 5.41) is 5.76. The second kappa shape index (κ2) is 4.97. The molecule has 1 fully saturated rings. The van der Waals surface area contributed by atoms with Gasteiger partial charge in [-0.3, -0.25) is 0 Å². The van der Waals surface area contributed by atoms with Crippen molar-refractivity contribution in [3.05, 3.63) is 11.9 Å². The van der Waals surface area contributed by atoms with Gasteiger partial charge >= 0.3 is 6.18 Å². The van der Waals surface area contributed by atoms with E-state index in [1.807, 2.05) is 4.90 Å². The van der Waals surface area contributed by atoms with Gasteiger partial charge in [-0.25, -0.2) is 9.97 Å². The molecule has 0 unspecified atom stereocenters. The molecule has 1 aromatic heterocycles. The summed E-state index contributed by atoms with van der Waals surface area (Å²) >= 11 is 0. The highest BCUT2D eigenvalue weighted by atomic mass is 19.4. The fourth-order valence-electron chi connectivity index (χ4n) is 1.75. The van der Waals surface area contributed by atoms with Crippen LogP contribution in [0, 0.1) is 0 Å². The predicted molar refractivity (Wildman–Crippen MR) is 61.7 cm³/mol. The van der Waals surface area contributed by atoms with Gasteiger partial charge in [-0.15, -0.1) is 0 Å². The van der Waals surface area contributed by atoms with Gasteiger partial charge in [-0.1, -0.05) is 0 Å². The lowest BCUT2D eigenvalue weighted by atomic mass is 10.3. The van der Waals surface area contributed by atoms with E-state index in [0.29, 0.717) is 18.9 Å². The molecular weight excluding hydrogens is 247 g/mol. The number of alkyl halides is 3. The molecule has 100 valence electrons. The first kappa shape index (κ1) is 12.9. The summed E-state index contributed by atoms with van der Waals surface area (Å²) in [5.41, 5.74) is 0. The van der Waals surface area contributed by atoms with E-state index in [1.54, 1.807) is 0 Å². The van der Waals surface area contributed by atoms with Gasteiger partial charge in [0.15, 0.2) is 0 Å². The number of aromatic nitrogens is 2. The summed E-state index contributed by atoms with van der Waals surface area (Å²) in [4.78, 5) is 8.84. The molecule has 0 radical (unpaired) electrons. The van der Waals surface area contributed by atoms with E-state index >= 15 is 0 Å². The van der Waals surface area contributed by atoms with E-state index in [2.05, 4.69) is 20.6 Å². The van der Waals surface area contributed by atoms with Crippen LogP contribution in [-0.4, -0.2) is 43.2 Å². The van der Waals surface area contributed by atoms with Crippen molar-refractivity contribution in [3.8, 4) is 0 Å². The number of nitrogens with zero attached hydrogens (tertiary/aromatic N) is 3. The van der Waals surface area contributed by atoms with Crippen molar-refractivity contribution in [3.63, 3.8) is 0 Å². The Hall–Kier alpha value is -1.57. The molecule has 0 atom stereocenters. The number of piperazine rings is 1. The van der Waals surface area contributed by atoms with Crippen molar-refractivity contribution in [2.75, 3.05) is 43.4 Å². The number of hydrogen-bond donors (Lipinski definition) is 2. The Morgan fingerprint density at radius 1 is 1.28 bits per heavy atom. The van der Waals surface area contributed by atoms with Crippen LogP contribution >= 0.6 is 0 Å². The molecule has 1 saturated heterocycles. The Morgan fingerprint density at radius 3 is 2.50 bits per heavy atom. The molecule has 0 aliphatic carbocycles. The molecule has 0 bridgehead atoms. The maximum absolute atomic E-state index is 12.7. The monoisotopic (exact) mass is 261 g/mol. The molecule has 5 nitrogen and oxygen atoms in total. The number of nitrogens with one attached hydrogen (secondary N) is 2. The summed E-state index contributed by atoms with van der Waals surface area (Å²) in [6, 6.07) is 1.53. The van der Waals surface area contributed by atoms with Crippen LogP contribution in [0.15, 0.2) is 6.07 Å². The fraction of sp³-hybridized carbons (Fsp3) is 0.600. The molecule has 0 amide bonds. The number of rotatable bonds is 2. The maximum atomic E-state index is 12.7. The van der Waals surface area contributed by atoms with E-state index in [4.69, 9.17) is 0 Å². The van der Waals surface area contributed by atoms with Gasteiger partial charge in [0.2, 0.25) is 5.82 Å². The van der Waals surface area contributed by atoms with Gasteiger partial charge in [-0.2, -0.15) is 13.2 Å². The Morgan fingerprint density at radius 2 is 1.94 bits per heavy atom. The number of hydrogen-bond acceptors (Lipinski definition) is 5. The summed E-state index contributed by atoms with van der Waals surface area (Å²) in [6.07, 6.45) is -4.53. The molecule has 8 heteroatoms. The highest BCUT2D eigenvalue weighted by molar-refractivity contribution is 5.49. The van der Waals surface area contributed by atoms with Gasteiger partial charge < -0.3 is 15.5 Å². The summed E-state index contributed by atoms with van der Waals surface area (Å²) < 4.78 is 38.0. The summed E-state index contributed by atoms with van der Waals surface area (Å²) in [5.74, 6) is -0.628. The van der Waals surface area contributed by atoms with E-state index in [0.717, 1.165) is 13.1 Å². The zero-order valence-corrected chi connectivity index (χ0v) is 9.88. The van der Waals surface area contributed by atoms with Gasteiger partial charge in [0.1, 0.15) is 11.6 Å². The van der Waals surface area contributed by atoms with Crippen molar-refractivity contribution in [2.24, 2.45) is 0 Å². The SMILES string of the molecule is CNc1cc(N2CCNCC2)nc(C(F)(F)F)n1. The first-order valence-corrected chi connectivity index (χ1v) is 5.60. The third kappa shape index (κ3) is 2.81. The highest BCUT2D eigenvalue weighted by Crippen LogP contribution is 2.29. The minimum Gasteiger partial charge on any atom is -0.373 e. The van der Waals surface area contributed by atoms with Crippen LogP contribution in [-0.2, 0) is 6.18 Å². The molecule has 2 N–H and O–H groups in total. The quantitative estimate of drug-likeness (QED) is 0.830. The topological polar surface area (TPSA) is 53.1 Å². The van der Waals surface area contributed by atoms with Crippen LogP contribution in [0.25, 0.3) is 0 Å². The molecular formula is C10H14F3N5. The first-order chi connectivity index (χ1) is 8.50. The second-order valence-corrected chi connectivity index (χ2v) is 3.92. The molecule has 1 aliphatic rings. The van der Waals surface area contributed by atoms with Gasteiger partial charge in [0.25, 0.3) is 0 Å². The highest BCUT2D eigenvalue weighted by Gasteiger charge is 2.35. The zero-order chi connectivity index (χ0) is 13.2. The van der Waals surface area contributed by atoms with Crippen LogP contribution in [0.4, 0.5) is 24.8 Å². The number of halogens is 3. The second-order valence-electron chi connectivity index (χ2n) is 3.92. The third-order valence-electron chi connectivity index (χ3n) is 2.66. The molecule has 0 spiro atoms. The van der Waals surface area contributed by atoms with Crippen molar-refractivity contribution >= 4 is 11.6 Å². The molecule has 1 aliphatic heterocycles. The minimum atomic E-state index is -4.53. The Balaban J connectivity index is 2.34. The number of anilines is 2. The minimum absolute atomic E-state index is 0.172. The van der Waals surface area contributed by atoms with Crippen LogP contribution in [0.2, 0.25) is 0 Å². The molecule has 0 aromatic carbocycles. The lowest BCUT2D eigenvalue weighted by Crippen LogP contribution is -2.44. The molecule has 18 heavy (non-hydrogen) atoms. The zero-order valence-electron chi connectivity index (χ0n) is 9.88. The largest absolute Gasteiger partial charge is 0.451 e. The summed E-state index contributed by atoms with van der Waals surface area (Å²) in [6.45, 7) is 2.75. The van der Waals surface area contributed by atoms with Crippen LogP contribution in [0.5, 0.6) is 0 Å². The van der Waals surface area contributed by atoms with E-state index < -0.39 is 12.0 Å². The molecule has 0 saturated carbocycles. The lowest BCUT2D eigenvalue weighted by Gasteiger charge is -2.28. The van der Waals surface area contributed by atoms with Crippen molar-refractivity contribution in [2.45, 2.75) is 6.18 Å². The first-order valence-electron chi connectivity index (χ1n) is 5.60. The standard InChI is InChI=1S/C10H14F3N5/c1-14-7-6-8(18-4-2-15-3-5-18)17-9(16-7)10(11,12)13/h6,15H,2-5H2,1H3,(H,14,16,17). The summed E-state index contributed by atoms with van der Waals surface area (Å²) in [7, 11) is 1.53. The van der Waals surface area contributed by atoms with Crippen molar-refractivity contribution in [1.82, 2.24) is 15.3 Å². The average molecular weight is 261 g/mol. The van der Waals surface area contributed by atoms with E-state index in [1.165, 1.54) is 13.1 Å². The Labute approximate surface area is 102 Å². The van der Waals surface area contributed by atoms with Gasteiger partial charge in [-0.05, 0) is 0 Å². The van der Waals surface area contributed by atoms with E-state index in [-0.39, 0.29) is 5.82 Å². The van der Waals surface area contributed by atoms with Gasteiger partial charge in [0, 0.05) is 39.3 Å². The molecule has 1 aromatic rings. The smallest absolute Gasteiger partial charge is 0.373 e. The average Bonchev–Trinajstić information content (AvgIpc) is 2.38. The van der Waals surface area contributed by atoms with Crippen molar-refractivity contribution < 1.29 is 13.2 Å². The van der Waals surface area contributed by atoms with Crippen LogP contribution in [0.1, 0.15) is 5.82 Å². The van der Waals surface area contributed by atoms with Crippen LogP contribution in [0.3, 0.4) is 0 Å². The molecule has 2 heterocycles. The Bertz CT molecular complexity index is 414. The van der Waals surface area contributed by atoms with Crippen LogP contribution < -0.4 is 15.5 Å². The van der Waals surface area contributed by atoms with Crippen molar-refractivity contribution in [1.29, 1.82) is 0 Å². The maximum Gasteiger partial charge on any atom is 0.451 e. The lowest BCUT2D eigenvalue weighted by molar-refractivity contribution is -0.144.